The molecule has 0 saturated carbocycles. The third-order valence-corrected chi connectivity index (χ3v) is 2.34. The van der Waals surface area contributed by atoms with Gasteiger partial charge in [-0.2, -0.15) is 0 Å². The molecule has 0 radical (unpaired) electrons. The summed E-state index contributed by atoms with van der Waals surface area (Å²) in [5, 5.41) is 0. The van der Waals surface area contributed by atoms with Crippen molar-refractivity contribution in [2.24, 2.45) is 16.6 Å². The predicted octanol–water partition coefficient (Wildman–Crippen LogP) is 2.78. The Hall–Kier alpha value is -1.35. The second kappa shape index (κ2) is 7.07. The van der Waals surface area contributed by atoms with Crippen molar-refractivity contribution < 1.29 is 4.74 Å². The summed E-state index contributed by atoms with van der Waals surface area (Å²) in [6.45, 7) is 7.56. The lowest BCUT2D eigenvalue weighted by molar-refractivity contribution is 0.109. The van der Waals surface area contributed by atoms with E-state index in [9.17, 15) is 0 Å². The molecule has 94 valence electrons. The van der Waals surface area contributed by atoms with Gasteiger partial charge in [-0.05, 0) is 18.4 Å². The van der Waals surface area contributed by atoms with Gasteiger partial charge in [0.2, 0.25) is 0 Å². The second-order valence-electron chi connectivity index (χ2n) is 4.41. The zero-order valence-electron chi connectivity index (χ0n) is 10.9. The van der Waals surface area contributed by atoms with Gasteiger partial charge in [0.15, 0.2) is 0 Å². The maximum atomic E-state index is 6.01. The van der Waals surface area contributed by atoms with E-state index in [4.69, 9.17) is 10.5 Å². The SMILES string of the molecule is CCOC(C(N)=NCC(C)C)c1ccccc1. The molecule has 0 bridgehead atoms. The molecule has 0 aliphatic heterocycles. The van der Waals surface area contributed by atoms with Crippen molar-refractivity contribution in [2.45, 2.75) is 26.9 Å². The topological polar surface area (TPSA) is 47.6 Å². The summed E-state index contributed by atoms with van der Waals surface area (Å²) in [4.78, 5) is 4.39. The molecule has 3 heteroatoms. The van der Waals surface area contributed by atoms with Crippen LogP contribution < -0.4 is 5.73 Å². The van der Waals surface area contributed by atoms with Gasteiger partial charge in [0.05, 0.1) is 0 Å². The highest BCUT2D eigenvalue weighted by Gasteiger charge is 2.15. The molecular formula is C14H22N2O. The van der Waals surface area contributed by atoms with Crippen LogP contribution in [0.3, 0.4) is 0 Å². The molecule has 0 amide bonds. The minimum atomic E-state index is -0.222. The van der Waals surface area contributed by atoms with Gasteiger partial charge in [0.1, 0.15) is 11.9 Å². The Bertz CT molecular complexity index is 346. The largest absolute Gasteiger partial charge is 0.385 e. The summed E-state index contributed by atoms with van der Waals surface area (Å²) in [7, 11) is 0. The average molecular weight is 234 g/mol. The molecule has 0 saturated heterocycles. The van der Waals surface area contributed by atoms with Crippen LogP contribution >= 0.6 is 0 Å². The number of aliphatic imine (C=N–C) groups is 1. The smallest absolute Gasteiger partial charge is 0.139 e. The first-order valence-electron chi connectivity index (χ1n) is 6.11. The number of hydrogen-bond acceptors (Lipinski definition) is 2. The standard InChI is InChI=1S/C14H22N2O/c1-4-17-13(12-8-6-5-7-9-12)14(15)16-10-11(2)3/h5-9,11,13H,4,10H2,1-3H3,(H2,15,16). The lowest BCUT2D eigenvalue weighted by Crippen LogP contribution is -2.25. The fourth-order valence-electron chi connectivity index (χ4n) is 1.52. The highest BCUT2D eigenvalue weighted by molar-refractivity contribution is 5.86. The molecule has 0 fully saturated rings. The van der Waals surface area contributed by atoms with Gasteiger partial charge in [-0.3, -0.25) is 4.99 Å². The highest BCUT2D eigenvalue weighted by Crippen LogP contribution is 2.17. The van der Waals surface area contributed by atoms with Gasteiger partial charge in [0, 0.05) is 13.2 Å². The monoisotopic (exact) mass is 234 g/mol. The van der Waals surface area contributed by atoms with Gasteiger partial charge >= 0.3 is 0 Å². The van der Waals surface area contributed by atoms with Crippen molar-refractivity contribution in [3.8, 4) is 0 Å². The van der Waals surface area contributed by atoms with Crippen molar-refractivity contribution in [3.05, 3.63) is 35.9 Å². The number of ether oxygens (including phenoxy) is 1. The van der Waals surface area contributed by atoms with E-state index < -0.39 is 0 Å². The predicted molar refractivity (Wildman–Crippen MR) is 72.1 cm³/mol. The Morgan fingerprint density at radius 2 is 1.94 bits per heavy atom. The Kier molecular flexibility index (Phi) is 5.70. The van der Waals surface area contributed by atoms with Gasteiger partial charge in [0.25, 0.3) is 0 Å². The van der Waals surface area contributed by atoms with Crippen LogP contribution in [-0.2, 0) is 4.74 Å². The summed E-state index contributed by atoms with van der Waals surface area (Å²) < 4.78 is 5.67. The first-order chi connectivity index (χ1) is 8.15. The van der Waals surface area contributed by atoms with Gasteiger partial charge < -0.3 is 10.5 Å². The van der Waals surface area contributed by atoms with E-state index >= 15 is 0 Å². The van der Waals surface area contributed by atoms with Crippen LogP contribution in [-0.4, -0.2) is 19.0 Å². The van der Waals surface area contributed by atoms with Crippen molar-refractivity contribution in [1.82, 2.24) is 0 Å². The lowest BCUT2D eigenvalue weighted by Gasteiger charge is -2.17. The molecule has 1 aromatic rings. The van der Waals surface area contributed by atoms with Crippen LogP contribution in [0, 0.1) is 5.92 Å². The number of amidine groups is 1. The number of hydrogen-bond donors (Lipinski definition) is 1. The maximum Gasteiger partial charge on any atom is 0.139 e. The molecule has 1 rings (SSSR count). The Morgan fingerprint density at radius 1 is 1.29 bits per heavy atom. The average Bonchev–Trinajstić information content (AvgIpc) is 2.34. The van der Waals surface area contributed by atoms with Crippen LogP contribution in [0.25, 0.3) is 0 Å². The van der Waals surface area contributed by atoms with E-state index in [0.717, 1.165) is 12.1 Å². The fraction of sp³-hybridized carbons (Fsp3) is 0.500. The van der Waals surface area contributed by atoms with E-state index in [2.05, 4.69) is 18.8 Å². The van der Waals surface area contributed by atoms with Crippen molar-refractivity contribution in [3.63, 3.8) is 0 Å². The van der Waals surface area contributed by atoms with E-state index in [1.165, 1.54) is 0 Å². The maximum absolute atomic E-state index is 6.01. The van der Waals surface area contributed by atoms with E-state index in [1.807, 2.05) is 37.3 Å². The Labute approximate surface area is 104 Å². The minimum absolute atomic E-state index is 0.222. The molecule has 0 spiro atoms. The van der Waals surface area contributed by atoms with Crippen LogP contribution in [0.1, 0.15) is 32.4 Å². The fourth-order valence-corrected chi connectivity index (χ4v) is 1.52. The summed E-state index contributed by atoms with van der Waals surface area (Å²) in [5.74, 6) is 1.07. The second-order valence-corrected chi connectivity index (χ2v) is 4.41. The van der Waals surface area contributed by atoms with Gasteiger partial charge in [-0.15, -0.1) is 0 Å². The summed E-state index contributed by atoms with van der Waals surface area (Å²) in [5.41, 5.74) is 7.06. The van der Waals surface area contributed by atoms with Crippen LogP contribution in [0.15, 0.2) is 35.3 Å². The quantitative estimate of drug-likeness (QED) is 0.607. The number of benzene rings is 1. The van der Waals surface area contributed by atoms with Crippen molar-refractivity contribution in [1.29, 1.82) is 0 Å². The van der Waals surface area contributed by atoms with Crippen LogP contribution in [0.2, 0.25) is 0 Å². The molecule has 17 heavy (non-hydrogen) atoms. The lowest BCUT2D eigenvalue weighted by atomic mass is 10.1. The van der Waals surface area contributed by atoms with Gasteiger partial charge in [-0.1, -0.05) is 44.2 Å². The first-order valence-corrected chi connectivity index (χ1v) is 6.11. The van der Waals surface area contributed by atoms with Crippen LogP contribution in [0.5, 0.6) is 0 Å². The van der Waals surface area contributed by atoms with Crippen molar-refractivity contribution >= 4 is 5.84 Å². The third kappa shape index (κ3) is 4.57. The van der Waals surface area contributed by atoms with Crippen molar-refractivity contribution in [2.75, 3.05) is 13.2 Å². The summed E-state index contributed by atoms with van der Waals surface area (Å²) >= 11 is 0. The number of nitrogens with two attached hydrogens (primary N) is 1. The Morgan fingerprint density at radius 3 is 2.47 bits per heavy atom. The van der Waals surface area contributed by atoms with Crippen LogP contribution in [0.4, 0.5) is 0 Å². The Balaban J connectivity index is 2.82. The van der Waals surface area contributed by atoms with E-state index in [1.54, 1.807) is 0 Å². The molecule has 0 heterocycles. The van der Waals surface area contributed by atoms with E-state index in [-0.39, 0.29) is 6.10 Å². The molecule has 1 unspecified atom stereocenters. The normalized spacial score (nSPS) is 14.0. The number of nitrogens with zero attached hydrogens (tertiary/aromatic N) is 1. The summed E-state index contributed by atoms with van der Waals surface area (Å²) in [6, 6.07) is 9.97. The zero-order chi connectivity index (χ0) is 12.7. The highest BCUT2D eigenvalue weighted by atomic mass is 16.5. The molecular weight excluding hydrogens is 212 g/mol. The summed E-state index contributed by atoms with van der Waals surface area (Å²) in [6.07, 6.45) is -0.222. The third-order valence-electron chi connectivity index (χ3n) is 2.34. The van der Waals surface area contributed by atoms with E-state index in [0.29, 0.717) is 18.4 Å². The van der Waals surface area contributed by atoms with Gasteiger partial charge in [-0.25, -0.2) is 0 Å². The zero-order valence-corrected chi connectivity index (χ0v) is 10.9. The molecule has 0 aliphatic carbocycles. The molecule has 0 aromatic heterocycles. The molecule has 0 aliphatic rings. The molecule has 3 nitrogen and oxygen atoms in total. The number of rotatable bonds is 6. The molecule has 1 aromatic carbocycles. The molecule has 1 atom stereocenters. The minimum Gasteiger partial charge on any atom is -0.385 e. The first kappa shape index (κ1) is 13.7. The molecule has 2 N–H and O–H groups in total.